The largest absolute Gasteiger partial charge is 0.381 e. The Balaban J connectivity index is 3.01. The van der Waals surface area contributed by atoms with E-state index in [4.69, 9.17) is 5.73 Å². The second-order valence-electron chi connectivity index (χ2n) is 4.79. The van der Waals surface area contributed by atoms with Gasteiger partial charge < -0.3 is 5.73 Å². The second kappa shape index (κ2) is 4.66. The highest BCUT2D eigenvalue weighted by Gasteiger charge is 2.28. The van der Waals surface area contributed by atoms with Crippen molar-refractivity contribution in [3.63, 3.8) is 0 Å². The molecular weight excluding hydrogens is 240 g/mol. The van der Waals surface area contributed by atoms with Gasteiger partial charge in [0, 0.05) is 18.8 Å². The molecule has 0 fully saturated rings. The first-order valence-corrected chi connectivity index (χ1v) is 6.99. The summed E-state index contributed by atoms with van der Waals surface area (Å²) in [5.41, 5.74) is 5.08. The lowest BCUT2D eigenvalue weighted by Crippen LogP contribution is -2.43. The molecule has 0 aromatic carbocycles. The van der Waals surface area contributed by atoms with E-state index in [2.05, 4.69) is 9.82 Å². The predicted molar refractivity (Wildman–Crippen MR) is 66.9 cm³/mol. The molecular formula is C10H20N4O2S. The van der Waals surface area contributed by atoms with Crippen LogP contribution in [-0.2, 0) is 17.1 Å². The molecule has 0 radical (unpaired) electrons. The number of anilines is 1. The number of hydrogen-bond donors (Lipinski definition) is 2. The maximum Gasteiger partial charge on any atom is 0.246 e. The van der Waals surface area contributed by atoms with Gasteiger partial charge in [-0.1, -0.05) is 13.3 Å². The zero-order chi connectivity index (χ0) is 13.3. The summed E-state index contributed by atoms with van der Waals surface area (Å²) in [7, 11) is -1.98. The summed E-state index contributed by atoms with van der Waals surface area (Å²) in [6, 6.07) is 0. The van der Waals surface area contributed by atoms with Crippen molar-refractivity contribution < 1.29 is 8.42 Å². The molecule has 0 atom stereocenters. The molecule has 1 aromatic rings. The molecule has 0 amide bonds. The minimum Gasteiger partial charge on any atom is -0.381 e. The molecule has 0 saturated heterocycles. The highest BCUT2D eigenvalue weighted by molar-refractivity contribution is 7.89. The van der Waals surface area contributed by atoms with E-state index >= 15 is 0 Å². The molecule has 3 N–H and O–H groups in total. The van der Waals surface area contributed by atoms with Crippen LogP contribution in [-0.4, -0.2) is 23.7 Å². The van der Waals surface area contributed by atoms with E-state index in [0.29, 0.717) is 0 Å². The molecule has 6 nitrogen and oxygen atoms in total. The average Bonchev–Trinajstić information content (AvgIpc) is 2.43. The number of hydrogen-bond acceptors (Lipinski definition) is 4. The van der Waals surface area contributed by atoms with Gasteiger partial charge in [-0.15, -0.1) is 0 Å². The van der Waals surface area contributed by atoms with Crippen LogP contribution in [0.4, 0.5) is 5.82 Å². The molecule has 7 heteroatoms. The van der Waals surface area contributed by atoms with E-state index in [-0.39, 0.29) is 10.7 Å². The third-order valence-electron chi connectivity index (χ3n) is 2.40. The van der Waals surface area contributed by atoms with Crippen molar-refractivity contribution >= 4 is 15.8 Å². The molecule has 0 unspecified atom stereocenters. The number of aromatic nitrogens is 2. The van der Waals surface area contributed by atoms with Crippen LogP contribution < -0.4 is 10.5 Å². The van der Waals surface area contributed by atoms with Gasteiger partial charge in [0.1, 0.15) is 4.90 Å². The third kappa shape index (κ3) is 3.44. The maximum absolute atomic E-state index is 12.1. The smallest absolute Gasteiger partial charge is 0.246 e. The summed E-state index contributed by atoms with van der Waals surface area (Å²) in [4.78, 5) is 0.0316. The Labute approximate surface area is 102 Å². The average molecular weight is 260 g/mol. The Morgan fingerprint density at radius 2 is 2.12 bits per heavy atom. The van der Waals surface area contributed by atoms with Crippen molar-refractivity contribution in [1.82, 2.24) is 14.5 Å². The van der Waals surface area contributed by atoms with Gasteiger partial charge in [0.15, 0.2) is 5.82 Å². The molecule has 17 heavy (non-hydrogen) atoms. The van der Waals surface area contributed by atoms with Crippen LogP contribution in [0.25, 0.3) is 0 Å². The molecule has 1 rings (SSSR count). The second-order valence-corrected chi connectivity index (χ2v) is 6.44. The first kappa shape index (κ1) is 14.0. The highest BCUT2D eigenvalue weighted by Crippen LogP contribution is 2.20. The van der Waals surface area contributed by atoms with E-state index in [1.54, 1.807) is 7.05 Å². The Kier molecular flexibility index (Phi) is 3.83. The molecule has 0 aliphatic carbocycles. The van der Waals surface area contributed by atoms with Gasteiger partial charge in [-0.2, -0.15) is 5.10 Å². The van der Waals surface area contributed by atoms with Crippen molar-refractivity contribution in [1.29, 1.82) is 0 Å². The van der Waals surface area contributed by atoms with Gasteiger partial charge in [-0.25, -0.2) is 13.1 Å². The van der Waals surface area contributed by atoms with Crippen LogP contribution >= 0.6 is 0 Å². The van der Waals surface area contributed by atoms with Crippen LogP contribution in [0.1, 0.15) is 33.6 Å². The molecule has 0 saturated carbocycles. The maximum atomic E-state index is 12.1. The lowest BCUT2D eigenvalue weighted by Gasteiger charge is -2.25. The molecule has 0 spiro atoms. The lowest BCUT2D eigenvalue weighted by molar-refractivity contribution is 0.418. The van der Waals surface area contributed by atoms with Gasteiger partial charge in [-0.05, 0) is 20.3 Å². The summed E-state index contributed by atoms with van der Waals surface area (Å²) in [5.74, 6) is 0.0206. The van der Waals surface area contributed by atoms with Crippen molar-refractivity contribution in [3.8, 4) is 0 Å². The van der Waals surface area contributed by atoms with E-state index in [0.717, 1.165) is 12.8 Å². The summed E-state index contributed by atoms with van der Waals surface area (Å²) >= 11 is 0. The van der Waals surface area contributed by atoms with Gasteiger partial charge in [0.25, 0.3) is 0 Å². The van der Waals surface area contributed by atoms with Gasteiger partial charge in [0.05, 0.1) is 0 Å². The van der Waals surface area contributed by atoms with Crippen molar-refractivity contribution in [2.45, 2.75) is 44.0 Å². The Bertz CT molecular complexity index is 490. The molecule has 0 bridgehead atoms. The SMILES string of the molecule is CCCC(C)(C)NS(=O)(=O)c1cn(C)nc1N. The molecule has 0 aliphatic heterocycles. The predicted octanol–water partition coefficient (Wildman–Crippen LogP) is 0.859. The zero-order valence-corrected chi connectivity index (χ0v) is 11.5. The van der Waals surface area contributed by atoms with Crippen LogP contribution in [0.5, 0.6) is 0 Å². The first-order chi connectivity index (χ1) is 7.68. The lowest BCUT2D eigenvalue weighted by atomic mass is 10.0. The number of nitrogen functional groups attached to an aromatic ring is 1. The highest BCUT2D eigenvalue weighted by atomic mass is 32.2. The molecule has 98 valence electrons. The van der Waals surface area contributed by atoms with Gasteiger partial charge in [-0.3, -0.25) is 4.68 Å². The minimum absolute atomic E-state index is 0.0206. The van der Waals surface area contributed by atoms with Crippen LogP contribution in [0.2, 0.25) is 0 Å². The molecule has 1 heterocycles. The summed E-state index contributed by atoms with van der Waals surface area (Å²) in [6.45, 7) is 5.70. The number of nitrogens with two attached hydrogens (primary N) is 1. The van der Waals surface area contributed by atoms with E-state index in [1.165, 1.54) is 10.9 Å². The Hall–Kier alpha value is -1.08. The fourth-order valence-corrected chi connectivity index (χ4v) is 3.33. The number of nitrogens with zero attached hydrogens (tertiary/aromatic N) is 2. The van der Waals surface area contributed by atoms with Gasteiger partial charge >= 0.3 is 0 Å². The first-order valence-electron chi connectivity index (χ1n) is 5.51. The fourth-order valence-electron chi connectivity index (χ4n) is 1.79. The zero-order valence-electron chi connectivity index (χ0n) is 10.7. The van der Waals surface area contributed by atoms with Crippen molar-refractivity contribution in [3.05, 3.63) is 6.20 Å². The number of nitrogens with one attached hydrogen (secondary N) is 1. The van der Waals surface area contributed by atoms with Crippen molar-refractivity contribution in [2.24, 2.45) is 7.05 Å². The number of rotatable bonds is 5. The van der Waals surface area contributed by atoms with Crippen LogP contribution in [0, 0.1) is 0 Å². The normalized spacial score (nSPS) is 12.9. The standard InChI is InChI=1S/C10H20N4O2S/c1-5-6-10(2,3)13-17(15,16)8-7-14(4)12-9(8)11/h7,13H,5-6H2,1-4H3,(H2,11,12). The van der Waals surface area contributed by atoms with Crippen LogP contribution in [0.15, 0.2) is 11.1 Å². The van der Waals surface area contributed by atoms with Crippen LogP contribution in [0.3, 0.4) is 0 Å². The number of aryl methyl sites for hydroxylation is 1. The molecule has 1 aromatic heterocycles. The van der Waals surface area contributed by atoms with Gasteiger partial charge in [0.2, 0.25) is 10.0 Å². The topological polar surface area (TPSA) is 90.0 Å². The number of sulfonamides is 1. The van der Waals surface area contributed by atoms with E-state index in [1.807, 2.05) is 20.8 Å². The third-order valence-corrected chi connectivity index (χ3v) is 4.11. The van der Waals surface area contributed by atoms with Crippen molar-refractivity contribution in [2.75, 3.05) is 5.73 Å². The summed E-state index contributed by atoms with van der Waals surface area (Å²) in [5, 5.41) is 3.83. The van der Waals surface area contributed by atoms with E-state index < -0.39 is 15.6 Å². The monoisotopic (exact) mass is 260 g/mol. The summed E-state index contributed by atoms with van der Waals surface area (Å²) < 4.78 is 28.3. The minimum atomic E-state index is -3.61. The summed E-state index contributed by atoms with van der Waals surface area (Å²) in [6.07, 6.45) is 3.06. The Morgan fingerprint density at radius 3 is 2.53 bits per heavy atom. The Morgan fingerprint density at radius 1 is 1.53 bits per heavy atom. The van der Waals surface area contributed by atoms with E-state index in [9.17, 15) is 8.42 Å². The molecule has 0 aliphatic rings. The quantitative estimate of drug-likeness (QED) is 0.821. The fraction of sp³-hybridized carbons (Fsp3) is 0.700.